The summed E-state index contributed by atoms with van der Waals surface area (Å²) in [6.07, 6.45) is 1.69. The van der Waals surface area contributed by atoms with Crippen LogP contribution in [-0.2, 0) is 11.3 Å². The van der Waals surface area contributed by atoms with Gasteiger partial charge >= 0.3 is 0 Å². The van der Waals surface area contributed by atoms with Crippen molar-refractivity contribution in [1.82, 2.24) is 0 Å². The maximum absolute atomic E-state index is 13.1. The predicted octanol–water partition coefficient (Wildman–Crippen LogP) is 3.09. The Kier molecular flexibility index (Phi) is 7.18. The lowest BCUT2D eigenvalue weighted by atomic mass is 10.1. The van der Waals surface area contributed by atoms with Crippen LogP contribution >= 0.6 is 11.6 Å². The molecular weight excluding hydrogens is 355 g/mol. The summed E-state index contributed by atoms with van der Waals surface area (Å²) >= 11 is 5.96. The van der Waals surface area contributed by atoms with E-state index in [0.717, 1.165) is 16.2 Å². The lowest BCUT2D eigenvalue weighted by Crippen LogP contribution is -3.12. The zero-order chi connectivity index (χ0) is 19.1. The fourth-order valence-corrected chi connectivity index (χ4v) is 2.60. The third-order valence-electron chi connectivity index (χ3n) is 4.10. The van der Waals surface area contributed by atoms with Gasteiger partial charge in [-0.05, 0) is 49.4 Å². The molecule has 2 aromatic rings. The summed E-state index contributed by atoms with van der Waals surface area (Å²) in [5, 5.41) is 2.93. The van der Waals surface area contributed by atoms with E-state index in [1.807, 2.05) is 38.2 Å². The van der Waals surface area contributed by atoms with E-state index in [0.29, 0.717) is 18.8 Å². The number of nitrogens with one attached hydrogen (secondary N) is 2. The highest BCUT2D eigenvalue weighted by Gasteiger charge is 2.22. The second kappa shape index (κ2) is 9.36. The van der Waals surface area contributed by atoms with Gasteiger partial charge in [-0.1, -0.05) is 24.3 Å². The van der Waals surface area contributed by atoms with E-state index in [1.165, 1.54) is 18.2 Å². The largest absolute Gasteiger partial charge is 0.490 e. The van der Waals surface area contributed by atoms with E-state index in [4.69, 9.17) is 16.3 Å². The fraction of sp³-hybridized carbons (Fsp3) is 0.250. The van der Waals surface area contributed by atoms with Crippen LogP contribution in [0.4, 0.5) is 10.1 Å². The molecule has 0 aliphatic carbocycles. The van der Waals surface area contributed by atoms with E-state index in [9.17, 15) is 9.18 Å². The number of likely N-dealkylation sites (N-methyl/N-ethyl adjacent to an activating group) is 1. The Balaban J connectivity index is 1.94. The van der Waals surface area contributed by atoms with Gasteiger partial charge in [0.05, 0.1) is 17.8 Å². The normalized spacial score (nSPS) is 12.9. The molecule has 6 heteroatoms. The number of halogens is 2. The van der Waals surface area contributed by atoms with Crippen molar-refractivity contribution in [2.45, 2.75) is 19.5 Å². The fourth-order valence-electron chi connectivity index (χ4n) is 2.39. The summed E-state index contributed by atoms with van der Waals surface area (Å²) in [5.74, 6) is 0.161. The molecule has 26 heavy (non-hydrogen) atoms. The Morgan fingerprint density at radius 3 is 2.65 bits per heavy atom. The molecule has 0 heterocycles. The van der Waals surface area contributed by atoms with Crippen molar-refractivity contribution in [3.05, 3.63) is 71.5 Å². The van der Waals surface area contributed by atoms with Crippen molar-refractivity contribution >= 4 is 23.2 Å². The second-order valence-corrected chi connectivity index (χ2v) is 6.51. The molecule has 2 aromatic carbocycles. The molecule has 0 aliphatic rings. The quantitative estimate of drug-likeness (QED) is 0.694. The van der Waals surface area contributed by atoms with E-state index >= 15 is 0 Å². The van der Waals surface area contributed by atoms with Crippen LogP contribution < -0.4 is 15.0 Å². The van der Waals surface area contributed by atoms with Gasteiger partial charge in [-0.2, -0.15) is 0 Å². The molecule has 2 rings (SSSR count). The van der Waals surface area contributed by atoms with Crippen molar-refractivity contribution in [2.75, 3.05) is 19.0 Å². The molecule has 138 valence electrons. The van der Waals surface area contributed by atoms with Crippen LogP contribution in [0.3, 0.4) is 0 Å². The Labute approximate surface area is 158 Å². The number of amides is 1. The minimum atomic E-state index is -0.440. The molecule has 0 fully saturated rings. The van der Waals surface area contributed by atoms with Crippen molar-refractivity contribution in [1.29, 1.82) is 0 Å². The molecule has 0 radical (unpaired) electrons. The lowest BCUT2D eigenvalue weighted by Gasteiger charge is -2.21. The maximum atomic E-state index is 13.1. The summed E-state index contributed by atoms with van der Waals surface area (Å²) in [7, 11) is 1.94. The first kappa shape index (κ1) is 19.9. The number of quaternary nitrogens is 1. The summed E-state index contributed by atoms with van der Waals surface area (Å²) in [6.45, 7) is 6.59. The molecule has 0 aliphatic heterocycles. The molecule has 2 N–H and O–H groups in total. The maximum Gasteiger partial charge on any atom is 0.282 e. The summed E-state index contributed by atoms with van der Waals surface area (Å²) in [4.78, 5) is 13.5. The lowest BCUT2D eigenvalue weighted by molar-refractivity contribution is -0.907. The minimum Gasteiger partial charge on any atom is -0.490 e. The highest BCUT2D eigenvalue weighted by atomic mass is 35.5. The third-order valence-corrected chi connectivity index (χ3v) is 4.41. The number of hydrogen-bond donors (Lipinski definition) is 2. The second-order valence-electron chi connectivity index (χ2n) is 6.10. The van der Waals surface area contributed by atoms with Gasteiger partial charge in [-0.25, -0.2) is 4.39 Å². The Bertz CT molecular complexity index is 765. The molecule has 2 atom stereocenters. The van der Waals surface area contributed by atoms with E-state index in [-0.39, 0.29) is 17.0 Å². The molecule has 0 aromatic heterocycles. The average Bonchev–Trinajstić information content (AvgIpc) is 2.62. The van der Waals surface area contributed by atoms with E-state index in [1.54, 1.807) is 6.08 Å². The number of ether oxygens (including phenoxy) is 1. The Hall–Kier alpha value is -2.37. The molecule has 0 bridgehead atoms. The summed E-state index contributed by atoms with van der Waals surface area (Å²) < 4.78 is 18.6. The first-order valence-corrected chi connectivity index (χ1v) is 8.69. The SMILES string of the molecule is C=CCOc1ccc(C[NH+](C)[C@H](C)C(=O)Nc2ccc(F)cc2Cl)cc1. The molecular formula is C20H23ClFN2O2+. The molecule has 0 saturated heterocycles. The van der Waals surface area contributed by atoms with Crippen LogP contribution in [-0.4, -0.2) is 25.6 Å². The number of anilines is 1. The first-order chi connectivity index (χ1) is 12.4. The predicted molar refractivity (Wildman–Crippen MR) is 102 cm³/mol. The highest BCUT2D eigenvalue weighted by Crippen LogP contribution is 2.22. The number of carbonyl (C=O) groups excluding carboxylic acids is 1. The molecule has 4 nitrogen and oxygen atoms in total. The van der Waals surface area contributed by atoms with Gasteiger partial charge in [0.1, 0.15) is 24.7 Å². The highest BCUT2D eigenvalue weighted by molar-refractivity contribution is 6.33. The smallest absolute Gasteiger partial charge is 0.282 e. The Morgan fingerprint density at radius 1 is 1.35 bits per heavy atom. The Morgan fingerprint density at radius 2 is 2.04 bits per heavy atom. The molecule has 0 spiro atoms. The zero-order valence-corrected chi connectivity index (χ0v) is 15.6. The van der Waals surface area contributed by atoms with Crippen LogP contribution in [0, 0.1) is 5.82 Å². The van der Waals surface area contributed by atoms with Gasteiger partial charge in [-0.15, -0.1) is 0 Å². The van der Waals surface area contributed by atoms with E-state index < -0.39 is 5.82 Å². The van der Waals surface area contributed by atoms with Gasteiger partial charge in [-0.3, -0.25) is 4.79 Å². The van der Waals surface area contributed by atoms with Crippen LogP contribution in [0.5, 0.6) is 5.75 Å². The van der Waals surface area contributed by atoms with Crippen molar-refractivity contribution in [2.24, 2.45) is 0 Å². The number of benzene rings is 2. The average molecular weight is 378 g/mol. The van der Waals surface area contributed by atoms with Crippen LogP contribution in [0.2, 0.25) is 5.02 Å². The number of carbonyl (C=O) groups is 1. The zero-order valence-electron chi connectivity index (χ0n) is 14.9. The van der Waals surface area contributed by atoms with Gasteiger partial charge in [0.2, 0.25) is 0 Å². The van der Waals surface area contributed by atoms with Crippen LogP contribution in [0.1, 0.15) is 12.5 Å². The van der Waals surface area contributed by atoms with Crippen LogP contribution in [0.15, 0.2) is 55.1 Å². The standard InChI is InChI=1S/C20H22ClFN2O2/c1-4-11-26-17-8-5-15(6-9-17)13-24(3)14(2)20(25)23-19-10-7-16(22)12-18(19)21/h4-10,12,14H,1,11,13H2,2-3H3,(H,23,25)/p+1/t14-/m1/s1. The topological polar surface area (TPSA) is 42.8 Å². The van der Waals surface area contributed by atoms with Crippen molar-refractivity contribution in [3.63, 3.8) is 0 Å². The van der Waals surface area contributed by atoms with Crippen molar-refractivity contribution in [3.8, 4) is 5.75 Å². The van der Waals surface area contributed by atoms with E-state index in [2.05, 4.69) is 11.9 Å². The van der Waals surface area contributed by atoms with Gasteiger partial charge in [0.15, 0.2) is 6.04 Å². The summed E-state index contributed by atoms with van der Waals surface area (Å²) in [6, 6.07) is 11.3. The van der Waals surface area contributed by atoms with Crippen LogP contribution in [0.25, 0.3) is 0 Å². The number of rotatable bonds is 8. The number of hydrogen-bond acceptors (Lipinski definition) is 2. The van der Waals surface area contributed by atoms with Crippen molar-refractivity contribution < 1.29 is 18.8 Å². The van der Waals surface area contributed by atoms with Gasteiger partial charge < -0.3 is 15.0 Å². The van der Waals surface area contributed by atoms with Gasteiger partial charge in [0.25, 0.3) is 5.91 Å². The monoisotopic (exact) mass is 377 g/mol. The molecule has 0 saturated carbocycles. The first-order valence-electron chi connectivity index (χ1n) is 8.31. The molecule has 1 amide bonds. The van der Waals surface area contributed by atoms with Gasteiger partial charge in [0, 0.05) is 5.56 Å². The molecule has 1 unspecified atom stereocenters. The summed E-state index contributed by atoms with van der Waals surface area (Å²) in [5.41, 5.74) is 1.49. The third kappa shape index (κ3) is 5.58. The minimum absolute atomic E-state index is 0.179.